The van der Waals surface area contributed by atoms with E-state index in [1.54, 1.807) is 16.9 Å². The smallest absolute Gasteiger partial charge is 0.269 e. The van der Waals surface area contributed by atoms with Gasteiger partial charge in [0.15, 0.2) is 0 Å². The van der Waals surface area contributed by atoms with E-state index in [1.807, 2.05) is 66.7 Å². The van der Waals surface area contributed by atoms with Crippen LogP contribution in [0.25, 0.3) is 22.0 Å². The summed E-state index contributed by atoms with van der Waals surface area (Å²) in [5, 5.41) is 1.62. The number of nitrogens with one attached hydrogen (secondary N) is 1. The number of benzene rings is 3. The highest BCUT2D eigenvalue weighted by atomic mass is 19.1. The van der Waals surface area contributed by atoms with Gasteiger partial charge in [-0.25, -0.2) is 4.39 Å². The monoisotopic (exact) mass is 357 g/mol. The van der Waals surface area contributed by atoms with Gasteiger partial charge in [-0.2, -0.15) is 0 Å². The molecule has 4 heteroatoms. The first kappa shape index (κ1) is 16.9. The van der Waals surface area contributed by atoms with Crippen LogP contribution >= 0.6 is 0 Å². The van der Waals surface area contributed by atoms with Gasteiger partial charge in [0.25, 0.3) is 5.91 Å². The number of rotatable bonds is 4. The van der Waals surface area contributed by atoms with Crippen LogP contribution in [-0.2, 0) is 11.2 Å². The van der Waals surface area contributed by atoms with E-state index in [0.29, 0.717) is 0 Å². The van der Waals surface area contributed by atoms with Crippen molar-refractivity contribution in [3.05, 3.63) is 103 Å². The van der Waals surface area contributed by atoms with Crippen LogP contribution in [0.3, 0.4) is 0 Å². The van der Waals surface area contributed by atoms with Gasteiger partial charge >= 0.3 is 0 Å². The molecule has 1 N–H and O–H groups in total. The Bertz CT molecular complexity index is 1100. The summed E-state index contributed by atoms with van der Waals surface area (Å²) < 4.78 is 15.3. The Labute approximate surface area is 156 Å². The van der Waals surface area contributed by atoms with E-state index in [1.165, 1.54) is 12.1 Å². The van der Waals surface area contributed by atoms with Crippen LogP contribution < -0.4 is 10.1 Å². The maximum atomic E-state index is 13.6. The maximum absolute atomic E-state index is 13.6. The number of hydrogen-bond acceptors (Lipinski definition) is 1. The molecular weight excluding hydrogens is 339 g/mol. The van der Waals surface area contributed by atoms with Crippen LogP contribution in [0.5, 0.6) is 0 Å². The molecule has 132 valence electrons. The SMILES string of the molecule is O=C(Cc1ccccc1)N[n+]1cc2cc(F)ccc2cc1-c1ccccc1. The van der Waals surface area contributed by atoms with Crippen molar-refractivity contribution in [3.63, 3.8) is 0 Å². The largest absolute Gasteiger partial charge is 0.279 e. The lowest BCUT2D eigenvalue weighted by atomic mass is 10.1. The Balaban J connectivity index is 1.74. The standard InChI is InChI=1S/C23H17FN2O/c24-21-12-11-19-15-22(18-9-5-2-6-10-18)26(16-20(19)14-21)25-23(27)13-17-7-3-1-4-8-17/h1-12,14-16H,13H2/p+1. The van der Waals surface area contributed by atoms with E-state index in [2.05, 4.69) is 5.43 Å². The third kappa shape index (κ3) is 3.85. The number of carbonyl (C=O) groups excluding carboxylic acids is 1. The lowest BCUT2D eigenvalue weighted by Crippen LogP contribution is -2.50. The Morgan fingerprint density at radius 2 is 1.56 bits per heavy atom. The average molecular weight is 357 g/mol. The molecule has 0 saturated carbocycles. The molecule has 0 bridgehead atoms. The molecule has 27 heavy (non-hydrogen) atoms. The zero-order valence-electron chi connectivity index (χ0n) is 14.6. The summed E-state index contributed by atoms with van der Waals surface area (Å²) in [5.41, 5.74) is 5.65. The Morgan fingerprint density at radius 1 is 0.852 bits per heavy atom. The van der Waals surface area contributed by atoms with Crippen molar-refractivity contribution in [2.75, 3.05) is 5.43 Å². The lowest BCUT2D eigenvalue weighted by molar-refractivity contribution is -0.629. The second-order valence-corrected chi connectivity index (χ2v) is 6.37. The van der Waals surface area contributed by atoms with Gasteiger partial charge in [-0.1, -0.05) is 59.3 Å². The molecule has 3 nitrogen and oxygen atoms in total. The molecule has 1 aromatic heterocycles. The van der Waals surface area contributed by atoms with Gasteiger partial charge < -0.3 is 0 Å². The maximum Gasteiger partial charge on any atom is 0.279 e. The first-order chi connectivity index (χ1) is 13.2. The molecule has 0 aliphatic heterocycles. The normalized spacial score (nSPS) is 10.7. The minimum atomic E-state index is -0.308. The fourth-order valence-electron chi connectivity index (χ4n) is 3.09. The van der Waals surface area contributed by atoms with Gasteiger partial charge in [0, 0.05) is 11.6 Å². The van der Waals surface area contributed by atoms with Crippen LogP contribution in [0.1, 0.15) is 5.56 Å². The summed E-state index contributed by atoms with van der Waals surface area (Å²) in [4.78, 5) is 12.6. The first-order valence-corrected chi connectivity index (χ1v) is 8.73. The van der Waals surface area contributed by atoms with Crippen molar-refractivity contribution in [1.82, 2.24) is 0 Å². The Morgan fingerprint density at radius 3 is 2.30 bits per heavy atom. The van der Waals surface area contributed by atoms with Gasteiger partial charge in [-0.05, 0) is 35.2 Å². The van der Waals surface area contributed by atoms with Gasteiger partial charge in [-0.15, -0.1) is 5.43 Å². The minimum absolute atomic E-state index is 0.140. The predicted octanol–water partition coefficient (Wildman–Crippen LogP) is 4.25. The molecule has 4 aromatic rings. The summed E-state index contributed by atoms with van der Waals surface area (Å²) in [6.45, 7) is 0. The number of amides is 1. The quantitative estimate of drug-likeness (QED) is 0.544. The average Bonchev–Trinajstić information content (AvgIpc) is 2.69. The van der Waals surface area contributed by atoms with Crippen molar-refractivity contribution >= 4 is 16.7 Å². The zero-order chi connectivity index (χ0) is 18.6. The second-order valence-electron chi connectivity index (χ2n) is 6.37. The van der Waals surface area contributed by atoms with E-state index in [0.717, 1.165) is 27.6 Å². The van der Waals surface area contributed by atoms with Crippen molar-refractivity contribution in [3.8, 4) is 11.3 Å². The summed E-state index contributed by atoms with van der Waals surface area (Å²) >= 11 is 0. The van der Waals surface area contributed by atoms with Crippen LogP contribution in [0, 0.1) is 5.82 Å². The van der Waals surface area contributed by atoms with Crippen molar-refractivity contribution in [2.24, 2.45) is 0 Å². The Kier molecular flexibility index (Phi) is 4.62. The Hall–Kier alpha value is -3.53. The lowest BCUT2D eigenvalue weighted by Gasteiger charge is -2.07. The van der Waals surface area contributed by atoms with E-state index >= 15 is 0 Å². The minimum Gasteiger partial charge on any atom is -0.269 e. The molecule has 0 fully saturated rings. The van der Waals surface area contributed by atoms with Crippen LogP contribution in [0.15, 0.2) is 91.1 Å². The highest BCUT2D eigenvalue weighted by Gasteiger charge is 2.18. The second kappa shape index (κ2) is 7.38. The highest BCUT2D eigenvalue weighted by Crippen LogP contribution is 2.21. The van der Waals surface area contributed by atoms with Crippen molar-refractivity contribution in [1.29, 1.82) is 0 Å². The van der Waals surface area contributed by atoms with Crippen LogP contribution in [0.4, 0.5) is 4.39 Å². The number of fused-ring (bicyclic) bond motifs is 1. The van der Waals surface area contributed by atoms with Gasteiger partial charge in [0.05, 0.1) is 11.8 Å². The number of hydrogen-bond donors (Lipinski definition) is 1. The molecule has 1 amide bonds. The zero-order valence-corrected chi connectivity index (χ0v) is 14.6. The summed E-state index contributed by atoms with van der Waals surface area (Å²) in [7, 11) is 0. The van der Waals surface area contributed by atoms with Gasteiger partial charge in [0.2, 0.25) is 11.9 Å². The fraction of sp³-hybridized carbons (Fsp3) is 0.0435. The fourth-order valence-corrected chi connectivity index (χ4v) is 3.09. The molecule has 4 rings (SSSR count). The molecule has 0 saturated heterocycles. The summed E-state index contributed by atoms with van der Waals surface area (Å²) in [6, 6.07) is 25.9. The predicted molar refractivity (Wildman–Crippen MR) is 104 cm³/mol. The number of nitrogens with zero attached hydrogens (tertiary/aromatic N) is 1. The third-order valence-corrected chi connectivity index (χ3v) is 4.39. The van der Waals surface area contributed by atoms with Crippen molar-refractivity contribution in [2.45, 2.75) is 6.42 Å². The number of carbonyl (C=O) groups is 1. The molecule has 0 spiro atoms. The summed E-state index contributed by atoms with van der Waals surface area (Å²) in [5.74, 6) is -0.448. The molecule has 3 aromatic carbocycles. The van der Waals surface area contributed by atoms with E-state index in [-0.39, 0.29) is 18.1 Å². The molecule has 1 heterocycles. The third-order valence-electron chi connectivity index (χ3n) is 4.39. The van der Waals surface area contributed by atoms with E-state index in [4.69, 9.17) is 0 Å². The van der Waals surface area contributed by atoms with Gasteiger partial charge in [-0.3, -0.25) is 4.79 Å². The van der Waals surface area contributed by atoms with Gasteiger partial charge in [0.1, 0.15) is 5.82 Å². The van der Waals surface area contributed by atoms with Crippen LogP contribution in [0.2, 0.25) is 0 Å². The topological polar surface area (TPSA) is 33.0 Å². The van der Waals surface area contributed by atoms with Crippen LogP contribution in [-0.4, -0.2) is 5.91 Å². The molecule has 0 unspecified atom stereocenters. The summed E-state index contributed by atoms with van der Waals surface area (Å²) in [6.07, 6.45) is 2.02. The van der Waals surface area contributed by atoms with E-state index < -0.39 is 0 Å². The number of halogens is 1. The first-order valence-electron chi connectivity index (χ1n) is 8.73. The highest BCUT2D eigenvalue weighted by molar-refractivity contribution is 5.86. The number of aromatic nitrogens is 1. The van der Waals surface area contributed by atoms with Crippen molar-refractivity contribution < 1.29 is 13.9 Å². The molecule has 0 atom stereocenters. The molecule has 0 aliphatic carbocycles. The molecule has 0 aliphatic rings. The molecule has 0 radical (unpaired) electrons. The number of pyridine rings is 1. The van der Waals surface area contributed by atoms with E-state index in [9.17, 15) is 9.18 Å². The molecular formula is C23H18FN2O+.